The molecular formula is C12H13ClN2O5. The number of carboxylic acid groups (broad SMARTS) is 1. The molecule has 0 saturated carbocycles. The molecule has 1 aromatic rings. The quantitative estimate of drug-likeness (QED) is 0.762. The highest BCUT2D eigenvalue weighted by Gasteiger charge is 2.10. The molecule has 0 atom stereocenters. The molecule has 7 nitrogen and oxygen atoms in total. The molecule has 3 N–H and O–H groups in total. The zero-order chi connectivity index (χ0) is 15.1. The highest BCUT2D eigenvalue weighted by Crippen LogP contribution is 2.19. The number of rotatable bonds is 5. The summed E-state index contributed by atoms with van der Waals surface area (Å²) in [6, 6.07) is 4.18. The number of benzene rings is 1. The molecular weight excluding hydrogens is 288 g/mol. The molecule has 0 unspecified atom stereocenters. The van der Waals surface area contributed by atoms with E-state index in [-0.39, 0.29) is 0 Å². The normalized spacial score (nSPS) is 9.90. The lowest BCUT2D eigenvalue weighted by Crippen LogP contribution is -2.37. The number of amides is 3. The number of carboxylic acids is 1. The average molecular weight is 301 g/mol. The Kier molecular flexibility index (Phi) is 5.95. The Labute approximate surface area is 119 Å². The van der Waals surface area contributed by atoms with Crippen molar-refractivity contribution in [1.82, 2.24) is 5.32 Å². The summed E-state index contributed by atoms with van der Waals surface area (Å²) in [6.45, 7) is 0.639. The van der Waals surface area contributed by atoms with Gasteiger partial charge in [-0.15, -0.1) is 0 Å². The maximum Gasteiger partial charge on any atom is 0.329 e. The first-order chi connectivity index (χ1) is 9.38. The number of nitrogens with one attached hydrogen (secondary N) is 2. The van der Waals surface area contributed by atoms with Crippen molar-refractivity contribution in [3.63, 3.8) is 0 Å². The number of urea groups is 1. The molecule has 0 spiro atoms. The molecule has 0 heterocycles. The van der Waals surface area contributed by atoms with Crippen molar-refractivity contribution in [1.29, 1.82) is 0 Å². The smallest absolute Gasteiger partial charge is 0.329 e. The molecule has 0 aliphatic carbocycles. The van der Waals surface area contributed by atoms with Gasteiger partial charge in [-0.3, -0.25) is 10.1 Å². The molecule has 0 bridgehead atoms. The lowest BCUT2D eigenvalue weighted by atomic mass is 10.2. The monoisotopic (exact) mass is 300 g/mol. The number of aliphatic carboxylic acids is 1. The van der Waals surface area contributed by atoms with Crippen LogP contribution in [0.5, 0.6) is 0 Å². The molecule has 0 aromatic heterocycles. The van der Waals surface area contributed by atoms with Gasteiger partial charge in [0.2, 0.25) is 0 Å². The molecule has 0 aliphatic rings. The van der Waals surface area contributed by atoms with Crippen LogP contribution in [0.2, 0.25) is 5.02 Å². The van der Waals surface area contributed by atoms with Gasteiger partial charge in [0.1, 0.15) is 13.2 Å². The van der Waals surface area contributed by atoms with Crippen molar-refractivity contribution < 1.29 is 24.2 Å². The van der Waals surface area contributed by atoms with Crippen LogP contribution in [0.4, 0.5) is 10.5 Å². The van der Waals surface area contributed by atoms with Crippen LogP contribution in [0.1, 0.15) is 5.56 Å². The summed E-state index contributed by atoms with van der Waals surface area (Å²) in [5, 5.41) is 13.2. The molecule has 3 amide bonds. The van der Waals surface area contributed by atoms with E-state index >= 15 is 0 Å². The topological polar surface area (TPSA) is 105 Å². The molecule has 1 aromatic carbocycles. The van der Waals surface area contributed by atoms with Gasteiger partial charge in [-0.1, -0.05) is 17.7 Å². The fraction of sp³-hybridized carbons (Fsp3) is 0.250. The third-order valence-electron chi connectivity index (χ3n) is 2.16. The summed E-state index contributed by atoms with van der Waals surface area (Å²) >= 11 is 5.79. The molecule has 0 radical (unpaired) electrons. The van der Waals surface area contributed by atoms with Crippen LogP contribution in [-0.2, 0) is 14.3 Å². The van der Waals surface area contributed by atoms with Crippen molar-refractivity contribution in [2.75, 3.05) is 18.5 Å². The van der Waals surface area contributed by atoms with Crippen molar-refractivity contribution >= 4 is 35.2 Å². The van der Waals surface area contributed by atoms with Crippen molar-refractivity contribution in [2.24, 2.45) is 0 Å². The number of anilines is 1. The molecule has 0 saturated heterocycles. The summed E-state index contributed by atoms with van der Waals surface area (Å²) in [4.78, 5) is 33.0. The van der Waals surface area contributed by atoms with Crippen LogP contribution in [-0.4, -0.2) is 36.2 Å². The van der Waals surface area contributed by atoms with Crippen molar-refractivity contribution in [2.45, 2.75) is 6.92 Å². The average Bonchev–Trinajstić information content (AvgIpc) is 2.33. The first-order valence-corrected chi connectivity index (χ1v) is 5.93. The van der Waals surface area contributed by atoms with Crippen LogP contribution >= 0.6 is 11.6 Å². The van der Waals surface area contributed by atoms with Crippen LogP contribution in [0.15, 0.2) is 18.2 Å². The largest absolute Gasteiger partial charge is 0.480 e. The zero-order valence-corrected chi connectivity index (χ0v) is 11.4. The fourth-order valence-electron chi connectivity index (χ4n) is 1.28. The second-order valence-electron chi connectivity index (χ2n) is 3.85. The van der Waals surface area contributed by atoms with E-state index in [9.17, 15) is 14.4 Å². The van der Waals surface area contributed by atoms with E-state index in [0.717, 1.165) is 5.56 Å². The minimum atomic E-state index is -1.20. The Balaban J connectivity index is 2.45. The Hall–Kier alpha value is -2.12. The predicted octanol–water partition coefficient (Wildman–Crippen LogP) is 1.40. The number of carbonyl (C=O) groups excluding carboxylic acids is 2. The third-order valence-corrected chi connectivity index (χ3v) is 2.39. The number of imide groups is 1. The van der Waals surface area contributed by atoms with Gasteiger partial charge in [0.05, 0.1) is 0 Å². The summed E-state index contributed by atoms with van der Waals surface area (Å²) in [5.41, 5.74) is 1.24. The lowest BCUT2D eigenvalue weighted by Gasteiger charge is -2.09. The Bertz CT molecular complexity index is 533. The SMILES string of the molecule is Cc1ccc(Cl)cc1NC(=O)NC(=O)COCC(=O)O. The fourth-order valence-corrected chi connectivity index (χ4v) is 1.45. The number of ether oxygens (including phenoxy) is 1. The second-order valence-corrected chi connectivity index (χ2v) is 4.28. The first kappa shape index (κ1) is 15.9. The molecule has 20 heavy (non-hydrogen) atoms. The molecule has 108 valence electrons. The number of halogens is 1. The van der Waals surface area contributed by atoms with Gasteiger partial charge >= 0.3 is 12.0 Å². The highest BCUT2D eigenvalue weighted by atomic mass is 35.5. The summed E-state index contributed by atoms with van der Waals surface area (Å²) in [6.07, 6.45) is 0. The molecule has 1 rings (SSSR count). The van der Waals surface area contributed by atoms with Crippen molar-refractivity contribution in [3.8, 4) is 0 Å². The summed E-state index contributed by atoms with van der Waals surface area (Å²) in [7, 11) is 0. The van der Waals surface area contributed by atoms with E-state index in [1.54, 1.807) is 25.1 Å². The van der Waals surface area contributed by atoms with Crippen molar-refractivity contribution in [3.05, 3.63) is 28.8 Å². The Morgan fingerprint density at radius 2 is 2.00 bits per heavy atom. The van der Waals surface area contributed by atoms with Gasteiger partial charge in [0.25, 0.3) is 5.91 Å². The summed E-state index contributed by atoms with van der Waals surface area (Å²) in [5.74, 6) is -1.94. The molecule has 0 aliphatic heterocycles. The zero-order valence-electron chi connectivity index (χ0n) is 10.6. The molecule has 0 fully saturated rings. The van der Waals surface area contributed by atoms with E-state index in [1.807, 2.05) is 5.32 Å². The van der Waals surface area contributed by atoms with E-state index in [1.165, 1.54) is 0 Å². The minimum Gasteiger partial charge on any atom is -0.480 e. The van der Waals surface area contributed by atoms with E-state index in [2.05, 4.69) is 10.1 Å². The van der Waals surface area contributed by atoms with Crippen LogP contribution in [0.3, 0.4) is 0 Å². The van der Waals surface area contributed by atoms with Gasteiger partial charge in [0.15, 0.2) is 0 Å². The van der Waals surface area contributed by atoms with E-state index in [4.69, 9.17) is 16.7 Å². The summed E-state index contributed by atoms with van der Waals surface area (Å²) < 4.78 is 4.54. The van der Waals surface area contributed by atoms with E-state index in [0.29, 0.717) is 10.7 Å². The maximum atomic E-state index is 11.5. The number of aryl methyl sites for hydroxylation is 1. The second kappa shape index (κ2) is 7.46. The lowest BCUT2D eigenvalue weighted by molar-refractivity contribution is -0.143. The van der Waals surface area contributed by atoms with Crippen LogP contribution < -0.4 is 10.6 Å². The number of carbonyl (C=O) groups is 3. The number of hydrogen-bond donors (Lipinski definition) is 3. The standard InChI is InChI=1S/C12H13ClN2O5/c1-7-2-3-8(13)4-9(7)14-12(19)15-10(16)5-20-6-11(17)18/h2-4H,5-6H2,1H3,(H,17,18)(H2,14,15,16,19). The van der Waals surface area contributed by atoms with Gasteiger partial charge < -0.3 is 15.2 Å². The van der Waals surface area contributed by atoms with Gasteiger partial charge in [-0.2, -0.15) is 0 Å². The predicted molar refractivity (Wildman–Crippen MR) is 71.8 cm³/mol. The van der Waals surface area contributed by atoms with Gasteiger partial charge in [-0.05, 0) is 24.6 Å². The van der Waals surface area contributed by atoms with Gasteiger partial charge in [0, 0.05) is 10.7 Å². The maximum absolute atomic E-state index is 11.5. The first-order valence-electron chi connectivity index (χ1n) is 5.55. The number of hydrogen-bond acceptors (Lipinski definition) is 4. The Morgan fingerprint density at radius 1 is 1.30 bits per heavy atom. The van der Waals surface area contributed by atoms with Crippen LogP contribution in [0, 0.1) is 6.92 Å². The minimum absolute atomic E-state index is 0.446. The third kappa shape index (κ3) is 5.68. The van der Waals surface area contributed by atoms with Crippen LogP contribution in [0.25, 0.3) is 0 Å². The highest BCUT2D eigenvalue weighted by molar-refractivity contribution is 6.31. The van der Waals surface area contributed by atoms with E-state index < -0.39 is 31.1 Å². The van der Waals surface area contributed by atoms with Gasteiger partial charge in [-0.25, -0.2) is 9.59 Å². The Morgan fingerprint density at radius 3 is 2.65 bits per heavy atom. The molecule has 8 heteroatoms.